The molecule has 86 valence electrons. The van der Waals surface area contributed by atoms with Crippen molar-refractivity contribution in [1.82, 2.24) is 5.32 Å². The van der Waals surface area contributed by atoms with Crippen LogP contribution in [0, 0.1) is 6.92 Å². The topological polar surface area (TPSA) is 12.0 Å². The molecule has 3 rings (SSSR count). The molecule has 2 aliphatic heterocycles. The first-order valence-corrected chi connectivity index (χ1v) is 6.62. The molecule has 0 radical (unpaired) electrons. The van der Waals surface area contributed by atoms with Gasteiger partial charge in [-0.1, -0.05) is 23.7 Å². The number of hydrogen-bond acceptors (Lipinski definition) is 1. The summed E-state index contributed by atoms with van der Waals surface area (Å²) in [7, 11) is 0. The molecule has 2 bridgehead atoms. The summed E-state index contributed by atoms with van der Waals surface area (Å²) in [5, 5.41) is 4.60. The van der Waals surface area contributed by atoms with E-state index in [9.17, 15) is 0 Å². The molecule has 16 heavy (non-hydrogen) atoms. The third kappa shape index (κ3) is 1.87. The highest BCUT2D eigenvalue weighted by Gasteiger charge is 2.33. The summed E-state index contributed by atoms with van der Waals surface area (Å²) in [5.41, 5.74) is 2.62. The maximum Gasteiger partial charge on any atom is 0.0438 e. The van der Waals surface area contributed by atoms with Gasteiger partial charge >= 0.3 is 0 Å². The van der Waals surface area contributed by atoms with E-state index < -0.39 is 0 Å². The molecule has 0 spiro atoms. The molecular formula is C14H18ClN. The largest absolute Gasteiger partial charge is 0.311 e. The van der Waals surface area contributed by atoms with Crippen LogP contribution in [0.25, 0.3) is 0 Å². The smallest absolute Gasteiger partial charge is 0.0438 e. The summed E-state index contributed by atoms with van der Waals surface area (Å²) in [6, 6.07) is 8.09. The first-order chi connectivity index (χ1) is 7.72. The molecule has 2 aliphatic rings. The van der Waals surface area contributed by atoms with Crippen molar-refractivity contribution in [1.29, 1.82) is 0 Å². The number of aryl methyl sites for hydroxylation is 1. The van der Waals surface area contributed by atoms with Gasteiger partial charge < -0.3 is 5.32 Å². The first-order valence-electron chi connectivity index (χ1n) is 6.24. The molecule has 1 nitrogen and oxygen atoms in total. The molecule has 2 atom stereocenters. The van der Waals surface area contributed by atoms with E-state index in [-0.39, 0.29) is 0 Å². The molecule has 0 saturated carbocycles. The zero-order valence-corrected chi connectivity index (χ0v) is 10.4. The van der Waals surface area contributed by atoms with Gasteiger partial charge in [0.2, 0.25) is 0 Å². The van der Waals surface area contributed by atoms with Crippen LogP contribution in [0.4, 0.5) is 0 Å². The molecule has 2 unspecified atom stereocenters. The summed E-state index contributed by atoms with van der Waals surface area (Å²) in [4.78, 5) is 0. The van der Waals surface area contributed by atoms with Crippen LogP contribution in [0.3, 0.4) is 0 Å². The van der Waals surface area contributed by atoms with Gasteiger partial charge in [0.05, 0.1) is 0 Å². The van der Waals surface area contributed by atoms with Crippen LogP contribution in [0.2, 0.25) is 5.02 Å². The summed E-state index contributed by atoms with van der Waals surface area (Å²) in [6.45, 7) is 2.07. The van der Waals surface area contributed by atoms with Crippen molar-refractivity contribution in [2.24, 2.45) is 0 Å². The maximum atomic E-state index is 6.21. The van der Waals surface area contributed by atoms with Gasteiger partial charge in [-0.2, -0.15) is 0 Å². The molecule has 0 aliphatic carbocycles. The molecule has 2 fully saturated rings. The van der Waals surface area contributed by atoms with Gasteiger partial charge in [-0.05, 0) is 55.7 Å². The van der Waals surface area contributed by atoms with Crippen LogP contribution in [-0.4, -0.2) is 12.1 Å². The average Bonchev–Trinajstić information content (AvgIpc) is 2.62. The van der Waals surface area contributed by atoms with E-state index in [0.29, 0.717) is 0 Å². The maximum absolute atomic E-state index is 6.21. The molecule has 0 aromatic heterocycles. The van der Waals surface area contributed by atoms with E-state index in [1.54, 1.807) is 0 Å². The Morgan fingerprint density at radius 1 is 1.19 bits per heavy atom. The fourth-order valence-corrected chi connectivity index (χ4v) is 3.38. The van der Waals surface area contributed by atoms with E-state index in [1.165, 1.54) is 36.8 Å². The summed E-state index contributed by atoms with van der Waals surface area (Å²) in [6.07, 6.45) is 5.30. The molecule has 0 amide bonds. The van der Waals surface area contributed by atoms with Crippen LogP contribution in [0.1, 0.15) is 42.7 Å². The van der Waals surface area contributed by atoms with Gasteiger partial charge in [0.15, 0.2) is 0 Å². The number of nitrogens with one attached hydrogen (secondary N) is 1. The monoisotopic (exact) mass is 235 g/mol. The standard InChI is InChI=1S/C14H18ClN/c1-9-2-3-10(8-14(9)15)11-6-12-4-5-13(7-11)16-12/h2-3,8,11-13,16H,4-7H2,1H3. The Kier molecular flexibility index (Phi) is 2.68. The highest BCUT2D eigenvalue weighted by atomic mass is 35.5. The lowest BCUT2D eigenvalue weighted by Gasteiger charge is -2.29. The third-order valence-corrected chi connectivity index (χ3v) is 4.55. The van der Waals surface area contributed by atoms with E-state index in [1.807, 2.05) is 0 Å². The van der Waals surface area contributed by atoms with Gasteiger partial charge in [0.25, 0.3) is 0 Å². The Morgan fingerprint density at radius 3 is 2.50 bits per heavy atom. The predicted molar refractivity (Wildman–Crippen MR) is 68.1 cm³/mol. The van der Waals surface area contributed by atoms with Crippen LogP contribution in [0.5, 0.6) is 0 Å². The number of fused-ring (bicyclic) bond motifs is 2. The average molecular weight is 236 g/mol. The Morgan fingerprint density at radius 2 is 1.88 bits per heavy atom. The second-order valence-electron chi connectivity index (χ2n) is 5.31. The minimum absolute atomic E-state index is 0.719. The first kappa shape index (κ1) is 10.6. The molecular weight excluding hydrogens is 218 g/mol. The number of hydrogen-bond donors (Lipinski definition) is 1. The molecule has 1 N–H and O–H groups in total. The van der Waals surface area contributed by atoms with E-state index in [0.717, 1.165) is 23.0 Å². The highest BCUT2D eigenvalue weighted by molar-refractivity contribution is 6.31. The van der Waals surface area contributed by atoms with Crippen molar-refractivity contribution in [2.45, 2.75) is 50.6 Å². The van der Waals surface area contributed by atoms with Gasteiger partial charge in [-0.15, -0.1) is 0 Å². The molecule has 1 aromatic carbocycles. The highest BCUT2D eigenvalue weighted by Crippen LogP contribution is 2.38. The Bertz CT molecular complexity index is 390. The Labute approximate surface area is 102 Å². The van der Waals surface area contributed by atoms with Crippen LogP contribution >= 0.6 is 11.6 Å². The van der Waals surface area contributed by atoms with Crippen LogP contribution in [-0.2, 0) is 0 Å². The Hall–Kier alpha value is -0.530. The lowest BCUT2D eigenvalue weighted by atomic mass is 9.86. The van der Waals surface area contributed by atoms with E-state index >= 15 is 0 Å². The minimum atomic E-state index is 0.719. The van der Waals surface area contributed by atoms with E-state index in [2.05, 4.69) is 30.4 Å². The molecule has 2 saturated heterocycles. The van der Waals surface area contributed by atoms with Gasteiger partial charge in [0.1, 0.15) is 0 Å². The SMILES string of the molecule is Cc1ccc(C2CC3CCC(C2)N3)cc1Cl. The summed E-state index contributed by atoms with van der Waals surface area (Å²) in [5.74, 6) is 0.719. The van der Waals surface area contributed by atoms with Crippen molar-refractivity contribution < 1.29 is 0 Å². The summed E-state index contributed by atoms with van der Waals surface area (Å²) < 4.78 is 0. The van der Waals surface area contributed by atoms with Crippen molar-refractivity contribution in [3.05, 3.63) is 34.3 Å². The number of benzene rings is 1. The van der Waals surface area contributed by atoms with Gasteiger partial charge in [-0.25, -0.2) is 0 Å². The number of halogens is 1. The van der Waals surface area contributed by atoms with Crippen LogP contribution < -0.4 is 5.32 Å². The number of piperidine rings is 1. The van der Waals surface area contributed by atoms with Gasteiger partial charge in [0, 0.05) is 17.1 Å². The molecule has 1 aromatic rings. The zero-order chi connectivity index (χ0) is 11.1. The minimum Gasteiger partial charge on any atom is -0.311 e. The fraction of sp³-hybridized carbons (Fsp3) is 0.571. The van der Waals surface area contributed by atoms with Crippen molar-refractivity contribution in [3.63, 3.8) is 0 Å². The van der Waals surface area contributed by atoms with Crippen molar-refractivity contribution >= 4 is 11.6 Å². The van der Waals surface area contributed by atoms with Crippen LogP contribution in [0.15, 0.2) is 18.2 Å². The summed E-state index contributed by atoms with van der Waals surface area (Å²) >= 11 is 6.21. The Balaban J connectivity index is 1.84. The zero-order valence-electron chi connectivity index (χ0n) is 9.67. The predicted octanol–water partition coefficient (Wildman–Crippen LogP) is 3.65. The second-order valence-corrected chi connectivity index (χ2v) is 5.72. The second kappa shape index (κ2) is 4.05. The fourth-order valence-electron chi connectivity index (χ4n) is 3.19. The van der Waals surface area contributed by atoms with Crippen molar-refractivity contribution in [2.75, 3.05) is 0 Å². The van der Waals surface area contributed by atoms with Gasteiger partial charge in [-0.3, -0.25) is 0 Å². The molecule has 2 heterocycles. The third-order valence-electron chi connectivity index (χ3n) is 4.14. The normalized spacial score (nSPS) is 33.0. The quantitative estimate of drug-likeness (QED) is 0.784. The molecule has 2 heteroatoms. The van der Waals surface area contributed by atoms with Crippen molar-refractivity contribution in [3.8, 4) is 0 Å². The number of rotatable bonds is 1. The lowest BCUT2D eigenvalue weighted by Crippen LogP contribution is -2.37. The lowest BCUT2D eigenvalue weighted by molar-refractivity contribution is 0.363. The van der Waals surface area contributed by atoms with E-state index in [4.69, 9.17) is 11.6 Å².